The molecule has 3 rings (SSSR count). The first-order chi connectivity index (χ1) is 9.92. The molecule has 1 saturated carbocycles. The average molecular weight is 294 g/mol. The van der Waals surface area contributed by atoms with Gasteiger partial charge in [-0.25, -0.2) is 4.79 Å². The Morgan fingerprint density at radius 2 is 1.57 bits per heavy atom. The summed E-state index contributed by atoms with van der Waals surface area (Å²) < 4.78 is 5.59. The zero-order valence-corrected chi connectivity index (χ0v) is 13.7. The van der Waals surface area contributed by atoms with Crippen LogP contribution in [0, 0.1) is 0 Å². The molecule has 1 aliphatic carbocycles. The van der Waals surface area contributed by atoms with Crippen LogP contribution in [0.15, 0.2) is 0 Å². The Labute approximate surface area is 128 Å². The van der Waals surface area contributed by atoms with Crippen molar-refractivity contribution in [2.45, 2.75) is 102 Å². The minimum Gasteiger partial charge on any atom is -0.444 e. The Balaban J connectivity index is 1.57. The van der Waals surface area contributed by atoms with Crippen LogP contribution in [0.1, 0.15) is 72.1 Å². The summed E-state index contributed by atoms with van der Waals surface area (Å²) in [5.41, 5.74) is -0.393. The van der Waals surface area contributed by atoms with E-state index in [2.05, 4.69) is 5.32 Å². The first-order valence-electron chi connectivity index (χ1n) is 8.70. The minimum absolute atomic E-state index is 0.102. The van der Waals surface area contributed by atoms with E-state index in [9.17, 15) is 4.79 Å². The normalized spacial score (nSPS) is 33.5. The molecule has 2 unspecified atom stereocenters. The van der Waals surface area contributed by atoms with Crippen LogP contribution in [0.5, 0.6) is 0 Å². The summed E-state index contributed by atoms with van der Waals surface area (Å²) in [5, 5.41) is 3.85. The summed E-state index contributed by atoms with van der Waals surface area (Å²) in [4.78, 5) is 14.4. The maximum absolute atomic E-state index is 12.4. The second-order valence-electron chi connectivity index (χ2n) is 8.09. The molecule has 0 radical (unpaired) electrons. The second-order valence-corrected chi connectivity index (χ2v) is 8.09. The lowest BCUT2D eigenvalue weighted by molar-refractivity contribution is 0.00431. The molecule has 2 bridgehead atoms. The van der Waals surface area contributed by atoms with Crippen molar-refractivity contribution in [3.05, 3.63) is 0 Å². The molecule has 2 heterocycles. The van der Waals surface area contributed by atoms with Crippen LogP contribution in [0.2, 0.25) is 0 Å². The van der Waals surface area contributed by atoms with Gasteiger partial charge in [0.1, 0.15) is 5.60 Å². The predicted molar refractivity (Wildman–Crippen MR) is 83.3 cm³/mol. The van der Waals surface area contributed by atoms with Gasteiger partial charge in [-0.05, 0) is 59.3 Å². The lowest BCUT2D eigenvalue weighted by atomic mass is 9.96. The molecule has 2 atom stereocenters. The zero-order valence-electron chi connectivity index (χ0n) is 13.7. The van der Waals surface area contributed by atoms with Crippen LogP contribution >= 0.6 is 0 Å². The van der Waals surface area contributed by atoms with Gasteiger partial charge < -0.3 is 15.0 Å². The molecule has 120 valence electrons. The highest BCUT2D eigenvalue weighted by Crippen LogP contribution is 2.37. The number of amides is 1. The number of carbonyl (C=O) groups is 1. The maximum atomic E-state index is 12.4. The number of piperidine rings is 1. The fraction of sp³-hybridized carbons (Fsp3) is 0.941. The number of nitrogens with one attached hydrogen (secondary N) is 1. The van der Waals surface area contributed by atoms with Crippen molar-refractivity contribution in [2.24, 2.45) is 0 Å². The lowest BCUT2D eigenvalue weighted by Gasteiger charge is -2.40. The van der Waals surface area contributed by atoms with Crippen molar-refractivity contribution in [1.82, 2.24) is 10.2 Å². The van der Waals surface area contributed by atoms with Gasteiger partial charge in [-0.15, -0.1) is 0 Å². The highest BCUT2D eigenvalue weighted by Gasteiger charge is 2.45. The van der Waals surface area contributed by atoms with Crippen molar-refractivity contribution in [1.29, 1.82) is 0 Å². The average Bonchev–Trinajstić information content (AvgIpc) is 2.94. The fourth-order valence-corrected chi connectivity index (χ4v) is 4.35. The molecule has 1 amide bonds. The van der Waals surface area contributed by atoms with E-state index in [1.54, 1.807) is 0 Å². The molecule has 4 nitrogen and oxygen atoms in total. The molecule has 3 aliphatic rings. The molecule has 3 fully saturated rings. The molecule has 1 N–H and O–H groups in total. The van der Waals surface area contributed by atoms with Crippen molar-refractivity contribution >= 4 is 6.09 Å². The van der Waals surface area contributed by atoms with Crippen molar-refractivity contribution in [3.63, 3.8) is 0 Å². The number of carbonyl (C=O) groups excluding carboxylic acids is 1. The SMILES string of the molecule is CC(C)(C)OC(=O)N1C2CCC1CC(NC1CCCC1)C2. The standard InChI is InChI=1S/C17H30N2O2/c1-17(2,3)21-16(20)19-14-8-9-15(19)11-13(10-14)18-12-6-4-5-7-12/h12-15,18H,4-11H2,1-3H3. The monoisotopic (exact) mass is 294 g/mol. The van der Waals surface area contributed by atoms with E-state index in [-0.39, 0.29) is 6.09 Å². The Kier molecular flexibility index (Phi) is 4.17. The molecule has 0 aromatic carbocycles. The van der Waals surface area contributed by atoms with E-state index in [1.165, 1.54) is 25.7 Å². The Morgan fingerprint density at radius 1 is 1.00 bits per heavy atom. The number of nitrogens with zero attached hydrogens (tertiary/aromatic N) is 1. The van der Waals surface area contributed by atoms with E-state index >= 15 is 0 Å². The van der Waals surface area contributed by atoms with Crippen LogP contribution < -0.4 is 5.32 Å². The Hall–Kier alpha value is -0.770. The van der Waals surface area contributed by atoms with Gasteiger partial charge in [0.05, 0.1) is 0 Å². The third-order valence-corrected chi connectivity index (χ3v) is 5.16. The van der Waals surface area contributed by atoms with E-state index in [0.717, 1.165) is 31.7 Å². The summed E-state index contributed by atoms with van der Waals surface area (Å²) >= 11 is 0. The van der Waals surface area contributed by atoms with E-state index in [1.807, 2.05) is 25.7 Å². The summed E-state index contributed by atoms with van der Waals surface area (Å²) in [6, 6.07) is 2.10. The van der Waals surface area contributed by atoms with Gasteiger partial charge in [-0.3, -0.25) is 0 Å². The number of hydrogen-bond donors (Lipinski definition) is 1. The predicted octanol–water partition coefficient (Wildman–Crippen LogP) is 3.45. The van der Waals surface area contributed by atoms with Gasteiger partial charge in [0.15, 0.2) is 0 Å². The summed E-state index contributed by atoms with van der Waals surface area (Å²) in [6.45, 7) is 5.84. The van der Waals surface area contributed by atoms with E-state index in [4.69, 9.17) is 4.74 Å². The number of ether oxygens (including phenoxy) is 1. The summed E-state index contributed by atoms with van der Waals surface area (Å²) in [5.74, 6) is 0. The molecule has 21 heavy (non-hydrogen) atoms. The lowest BCUT2D eigenvalue weighted by Crippen LogP contribution is -2.53. The number of fused-ring (bicyclic) bond motifs is 2. The van der Waals surface area contributed by atoms with Crippen molar-refractivity contribution < 1.29 is 9.53 Å². The largest absolute Gasteiger partial charge is 0.444 e. The van der Waals surface area contributed by atoms with Crippen LogP contribution in [-0.2, 0) is 4.74 Å². The van der Waals surface area contributed by atoms with Crippen LogP contribution in [-0.4, -0.2) is 40.8 Å². The highest BCUT2D eigenvalue weighted by atomic mass is 16.6. The van der Waals surface area contributed by atoms with Gasteiger partial charge in [-0.2, -0.15) is 0 Å². The van der Waals surface area contributed by atoms with Crippen LogP contribution in [0.4, 0.5) is 4.79 Å². The van der Waals surface area contributed by atoms with Gasteiger partial charge >= 0.3 is 6.09 Å². The summed E-state index contributed by atoms with van der Waals surface area (Å²) in [6.07, 6.45) is 9.82. The van der Waals surface area contributed by atoms with Crippen LogP contribution in [0.3, 0.4) is 0 Å². The molecule has 0 aromatic rings. The molecule has 0 aromatic heterocycles. The molecular formula is C17H30N2O2. The molecule has 2 saturated heterocycles. The molecule has 0 spiro atoms. The second kappa shape index (κ2) is 5.79. The van der Waals surface area contributed by atoms with Crippen molar-refractivity contribution in [2.75, 3.05) is 0 Å². The Morgan fingerprint density at radius 3 is 2.10 bits per heavy atom. The van der Waals surface area contributed by atoms with E-state index in [0.29, 0.717) is 18.1 Å². The van der Waals surface area contributed by atoms with Gasteiger partial charge in [-0.1, -0.05) is 12.8 Å². The highest BCUT2D eigenvalue weighted by molar-refractivity contribution is 5.69. The fourth-order valence-electron chi connectivity index (χ4n) is 4.35. The number of hydrogen-bond acceptors (Lipinski definition) is 3. The topological polar surface area (TPSA) is 41.6 Å². The first kappa shape index (κ1) is 15.1. The minimum atomic E-state index is -0.393. The van der Waals surface area contributed by atoms with Gasteiger partial charge in [0.25, 0.3) is 0 Å². The quantitative estimate of drug-likeness (QED) is 0.848. The zero-order chi connectivity index (χ0) is 15.0. The van der Waals surface area contributed by atoms with E-state index < -0.39 is 5.60 Å². The molecular weight excluding hydrogens is 264 g/mol. The Bertz CT molecular complexity index is 371. The number of rotatable bonds is 2. The van der Waals surface area contributed by atoms with Crippen molar-refractivity contribution in [3.8, 4) is 0 Å². The third kappa shape index (κ3) is 3.53. The van der Waals surface area contributed by atoms with Gasteiger partial charge in [0, 0.05) is 24.2 Å². The summed E-state index contributed by atoms with van der Waals surface area (Å²) in [7, 11) is 0. The molecule has 2 aliphatic heterocycles. The molecule has 4 heteroatoms. The third-order valence-electron chi connectivity index (χ3n) is 5.16. The smallest absolute Gasteiger partial charge is 0.410 e. The van der Waals surface area contributed by atoms with Crippen LogP contribution in [0.25, 0.3) is 0 Å². The first-order valence-corrected chi connectivity index (χ1v) is 8.70. The maximum Gasteiger partial charge on any atom is 0.410 e. The van der Waals surface area contributed by atoms with Gasteiger partial charge in [0.2, 0.25) is 0 Å².